The lowest BCUT2D eigenvalue weighted by Gasteiger charge is -2.28. The quantitative estimate of drug-likeness (QED) is 0.251. The van der Waals surface area contributed by atoms with E-state index >= 15 is 0 Å². The average molecular weight is 529 g/mol. The second kappa shape index (κ2) is 11.3. The molecule has 1 unspecified atom stereocenters. The zero-order chi connectivity index (χ0) is 28.3. The Morgan fingerprint density at radius 1 is 0.897 bits per heavy atom. The number of aryl methyl sites for hydroxylation is 2. The highest BCUT2D eigenvalue weighted by Gasteiger charge is 2.36. The van der Waals surface area contributed by atoms with E-state index in [2.05, 4.69) is 56.7 Å². The molecule has 0 radical (unpaired) electrons. The second-order valence-corrected chi connectivity index (χ2v) is 10.2. The first-order valence-electron chi connectivity index (χ1n) is 13.3. The molecule has 0 aromatic heterocycles. The first-order chi connectivity index (χ1) is 18.6. The molecule has 0 aliphatic carbocycles. The average Bonchev–Trinajstić information content (AvgIpc) is 3.22. The number of carboxylic acid groups (broad SMARTS) is 2. The van der Waals surface area contributed by atoms with Gasteiger partial charge in [0.1, 0.15) is 12.4 Å². The standard InChI is InChI=1S/C32H36N2O5/c1-6-21-9-8-10-22(16-23-11-12-24(30(35)36)17-26(23)31(37)38)27(21)18-39-29-14-13-25(15-19(29)3)32(5)28(7-2)20(4)33-34-32/h8-15,17,33-34H,6-7,16,18H2,1-5H3,(H,35,36)(H,37,38). The van der Waals surface area contributed by atoms with Crippen LogP contribution < -0.4 is 15.6 Å². The summed E-state index contributed by atoms with van der Waals surface area (Å²) in [5, 5.41) is 19.0. The van der Waals surface area contributed by atoms with Crippen LogP contribution in [-0.2, 0) is 25.0 Å². The van der Waals surface area contributed by atoms with Crippen LogP contribution in [0.2, 0.25) is 0 Å². The molecule has 3 aromatic rings. The summed E-state index contributed by atoms with van der Waals surface area (Å²) in [6.07, 6.45) is 2.10. The molecule has 1 heterocycles. The van der Waals surface area contributed by atoms with Gasteiger partial charge in [-0.05, 0) is 97.2 Å². The Morgan fingerprint density at radius 3 is 2.28 bits per heavy atom. The molecule has 1 atom stereocenters. The van der Waals surface area contributed by atoms with Crippen LogP contribution in [-0.4, -0.2) is 22.2 Å². The van der Waals surface area contributed by atoms with Gasteiger partial charge in [0.05, 0.1) is 16.7 Å². The van der Waals surface area contributed by atoms with Gasteiger partial charge in [-0.15, -0.1) is 0 Å². The van der Waals surface area contributed by atoms with Gasteiger partial charge in [-0.3, -0.25) is 0 Å². The number of allylic oxidation sites excluding steroid dienone is 1. The van der Waals surface area contributed by atoms with Gasteiger partial charge in [0.25, 0.3) is 0 Å². The number of hydrazine groups is 1. The van der Waals surface area contributed by atoms with E-state index in [-0.39, 0.29) is 16.7 Å². The Bertz CT molecular complexity index is 1460. The second-order valence-electron chi connectivity index (χ2n) is 10.2. The maximum Gasteiger partial charge on any atom is 0.336 e. The Balaban J connectivity index is 1.61. The van der Waals surface area contributed by atoms with Gasteiger partial charge in [-0.25, -0.2) is 15.0 Å². The number of carboxylic acids is 2. The third-order valence-corrected chi connectivity index (χ3v) is 7.75. The van der Waals surface area contributed by atoms with Crippen LogP contribution in [0.5, 0.6) is 5.75 Å². The molecule has 204 valence electrons. The zero-order valence-corrected chi connectivity index (χ0v) is 23.1. The molecule has 1 aliphatic rings. The highest BCUT2D eigenvalue weighted by Crippen LogP contribution is 2.37. The van der Waals surface area contributed by atoms with Gasteiger partial charge in [0, 0.05) is 5.70 Å². The molecule has 0 saturated carbocycles. The van der Waals surface area contributed by atoms with Gasteiger partial charge in [-0.2, -0.15) is 0 Å². The van der Waals surface area contributed by atoms with Crippen molar-refractivity contribution in [3.63, 3.8) is 0 Å². The van der Waals surface area contributed by atoms with E-state index in [4.69, 9.17) is 4.74 Å². The van der Waals surface area contributed by atoms with Crippen LogP contribution in [0.4, 0.5) is 0 Å². The predicted molar refractivity (Wildman–Crippen MR) is 151 cm³/mol. The minimum Gasteiger partial charge on any atom is -0.489 e. The van der Waals surface area contributed by atoms with Gasteiger partial charge >= 0.3 is 11.9 Å². The molecule has 4 rings (SSSR count). The molecule has 7 heteroatoms. The van der Waals surface area contributed by atoms with E-state index in [0.29, 0.717) is 18.6 Å². The van der Waals surface area contributed by atoms with E-state index in [1.807, 2.05) is 25.1 Å². The highest BCUT2D eigenvalue weighted by atomic mass is 16.5. The Kier molecular flexibility index (Phi) is 8.11. The molecule has 3 aromatic carbocycles. The van der Waals surface area contributed by atoms with Gasteiger partial charge in [0.2, 0.25) is 0 Å². The van der Waals surface area contributed by atoms with Crippen molar-refractivity contribution in [2.75, 3.05) is 0 Å². The SMILES string of the molecule is CCC1=C(C)NNC1(C)c1ccc(OCc2c(CC)cccc2Cc2ccc(C(=O)O)cc2C(=O)O)c(C)c1. The molecule has 39 heavy (non-hydrogen) atoms. The van der Waals surface area contributed by atoms with E-state index in [9.17, 15) is 19.8 Å². The molecule has 1 aliphatic heterocycles. The number of nitrogens with one attached hydrogen (secondary N) is 2. The maximum atomic E-state index is 11.9. The molecular weight excluding hydrogens is 492 g/mol. The van der Waals surface area contributed by atoms with Crippen molar-refractivity contribution in [3.05, 3.63) is 110 Å². The monoisotopic (exact) mass is 528 g/mol. The molecule has 0 bridgehead atoms. The molecule has 0 saturated heterocycles. The van der Waals surface area contributed by atoms with Crippen molar-refractivity contribution >= 4 is 11.9 Å². The van der Waals surface area contributed by atoms with E-state index in [1.165, 1.54) is 17.7 Å². The van der Waals surface area contributed by atoms with E-state index in [1.54, 1.807) is 6.07 Å². The fourth-order valence-electron chi connectivity index (χ4n) is 5.52. The third-order valence-electron chi connectivity index (χ3n) is 7.75. The molecular formula is C32H36N2O5. The summed E-state index contributed by atoms with van der Waals surface area (Å²) in [5.41, 5.74) is 14.7. The number of ether oxygens (including phenoxy) is 1. The number of benzene rings is 3. The van der Waals surface area contributed by atoms with E-state index in [0.717, 1.165) is 52.1 Å². The number of hydrogen-bond acceptors (Lipinski definition) is 5. The normalized spacial score (nSPS) is 16.7. The van der Waals surface area contributed by atoms with Crippen LogP contribution in [0.3, 0.4) is 0 Å². The smallest absolute Gasteiger partial charge is 0.336 e. The van der Waals surface area contributed by atoms with Gasteiger partial charge in [0.15, 0.2) is 0 Å². The lowest BCUT2D eigenvalue weighted by molar-refractivity contribution is 0.0695. The van der Waals surface area contributed by atoms with Crippen LogP contribution in [0, 0.1) is 6.92 Å². The maximum absolute atomic E-state index is 11.9. The molecule has 0 amide bonds. The minimum absolute atomic E-state index is 0.00524. The van der Waals surface area contributed by atoms with Crippen LogP contribution in [0.25, 0.3) is 0 Å². The van der Waals surface area contributed by atoms with Gasteiger partial charge < -0.3 is 20.4 Å². The number of hydrogen-bond donors (Lipinski definition) is 4. The predicted octanol–water partition coefficient (Wildman–Crippen LogP) is 6.13. The number of rotatable bonds is 10. The summed E-state index contributed by atoms with van der Waals surface area (Å²) in [4.78, 5) is 23.3. The lowest BCUT2D eigenvalue weighted by atomic mass is 9.83. The molecule has 7 nitrogen and oxygen atoms in total. The number of aromatic carboxylic acids is 2. The first-order valence-corrected chi connectivity index (χ1v) is 13.3. The van der Waals surface area contributed by atoms with Crippen molar-refractivity contribution < 1.29 is 24.5 Å². The Morgan fingerprint density at radius 2 is 1.64 bits per heavy atom. The summed E-state index contributed by atoms with van der Waals surface area (Å²) in [5.74, 6) is -1.51. The summed E-state index contributed by atoms with van der Waals surface area (Å²) in [6.45, 7) is 10.9. The van der Waals surface area contributed by atoms with Crippen molar-refractivity contribution in [2.24, 2.45) is 0 Å². The van der Waals surface area contributed by atoms with Crippen molar-refractivity contribution in [3.8, 4) is 5.75 Å². The molecule has 4 N–H and O–H groups in total. The molecule has 0 spiro atoms. The first kappa shape index (κ1) is 27.9. The van der Waals surface area contributed by atoms with E-state index < -0.39 is 11.9 Å². The summed E-state index contributed by atoms with van der Waals surface area (Å²) in [6, 6.07) is 16.5. The Hall–Kier alpha value is -4.10. The highest BCUT2D eigenvalue weighted by molar-refractivity contribution is 5.95. The summed E-state index contributed by atoms with van der Waals surface area (Å²) in [7, 11) is 0. The lowest BCUT2D eigenvalue weighted by Crippen LogP contribution is -2.41. The van der Waals surface area contributed by atoms with Crippen LogP contribution in [0.1, 0.15) is 88.2 Å². The minimum atomic E-state index is -1.15. The van der Waals surface area contributed by atoms with Gasteiger partial charge in [-0.1, -0.05) is 50.2 Å². The zero-order valence-electron chi connectivity index (χ0n) is 23.1. The molecule has 0 fully saturated rings. The third kappa shape index (κ3) is 5.54. The van der Waals surface area contributed by atoms with Crippen LogP contribution >= 0.6 is 0 Å². The van der Waals surface area contributed by atoms with Crippen molar-refractivity contribution in [2.45, 2.75) is 66.0 Å². The fraction of sp³-hybridized carbons (Fsp3) is 0.312. The van der Waals surface area contributed by atoms with Crippen molar-refractivity contribution in [1.29, 1.82) is 0 Å². The summed E-state index contributed by atoms with van der Waals surface area (Å²) >= 11 is 0. The number of carbonyl (C=O) groups is 2. The largest absolute Gasteiger partial charge is 0.489 e. The van der Waals surface area contributed by atoms with Crippen LogP contribution in [0.15, 0.2) is 65.9 Å². The Labute approximate surface area is 229 Å². The fourth-order valence-corrected chi connectivity index (χ4v) is 5.52. The topological polar surface area (TPSA) is 108 Å². The summed E-state index contributed by atoms with van der Waals surface area (Å²) < 4.78 is 6.35. The van der Waals surface area contributed by atoms with Crippen molar-refractivity contribution in [1.82, 2.24) is 10.9 Å².